The number of anilines is 2. The smallest absolute Gasteiger partial charge is 0.194 e. The fourth-order valence-electron chi connectivity index (χ4n) is 3.80. The van der Waals surface area contributed by atoms with Gasteiger partial charge in [-0.3, -0.25) is 4.99 Å². The molecule has 4 rings (SSSR count). The van der Waals surface area contributed by atoms with Gasteiger partial charge >= 0.3 is 0 Å². The summed E-state index contributed by atoms with van der Waals surface area (Å²) in [5.74, 6) is 2.94. The molecule has 1 aliphatic heterocycles. The topological polar surface area (TPSA) is 59.9 Å². The first kappa shape index (κ1) is 19.9. The maximum absolute atomic E-state index is 4.76. The summed E-state index contributed by atoms with van der Waals surface area (Å²) in [6, 6.07) is 16.5. The summed E-state index contributed by atoms with van der Waals surface area (Å²) in [5, 5.41) is 4.74. The van der Waals surface area contributed by atoms with Gasteiger partial charge in [0.25, 0.3) is 0 Å². The summed E-state index contributed by atoms with van der Waals surface area (Å²) >= 11 is 0. The summed E-state index contributed by atoms with van der Waals surface area (Å²) in [6.07, 6.45) is 1.85. The van der Waals surface area contributed by atoms with Crippen molar-refractivity contribution < 1.29 is 0 Å². The highest BCUT2D eigenvalue weighted by molar-refractivity contribution is 5.85. The van der Waals surface area contributed by atoms with Crippen molar-refractivity contribution in [3.8, 4) is 0 Å². The van der Waals surface area contributed by atoms with Crippen LogP contribution in [-0.2, 0) is 6.54 Å². The molecule has 1 fully saturated rings. The van der Waals surface area contributed by atoms with Gasteiger partial charge in [0.1, 0.15) is 11.6 Å². The van der Waals surface area contributed by atoms with Crippen molar-refractivity contribution in [1.82, 2.24) is 20.2 Å². The molecule has 156 valence electrons. The molecule has 0 amide bonds. The molecule has 1 aliphatic rings. The number of guanidine groups is 1. The van der Waals surface area contributed by atoms with Crippen molar-refractivity contribution in [2.45, 2.75) is 6.54 Å². The van der Waals surface area contributed by atoms with E-state index in [2.05, 4.69) is 55.4 Å². The van der Waals surface area contributed by atoms with Gasteiger partial charge in [-0.25, -0.2) is 9.97 Å². The number of para-hydroxylation sites is 1. The Morgan fingerprint density at radius 2 is 1.83 bits per heavy atom. The van der Waals surface area contributed by atoms with E-state index < -0.39 is 0 Å². The lowest BCUT2D eigenvalue weighted by atomic mass is 10.1. The molecule has 3 heterocycles. The Kier molecular flexibility index (Phi) is 5.97. The molecule has 2 aromatic heterocycles. The number of piperazine rings is 1. The van der Waals surface area contributed by atoms with E-state index in [1.165, 1.54) is 10.9 Å². The van der Waals surface area contributed by atoms with Crippen LogP contribution in [0.4, 0.5) is 11.6 Å². The number of nitrogens with zero attached hydrogens (tertiary/aromatic N) is 6. The van der Waals surface area contributed by atoms with Gasteiger partial charge in [0.15, 0.2) is 5.96 Å². The van der Waals surface area contributed by atoms with Crippen molar-refractivity contribution in [2.24, 2.45) is 4.99 Å². The molecule has 0 atom stereocenters. The van der Waals surface area contributed by atoms with E-state index in [0.29, 0.717) is 6.54 Å². The molecule has 0 spiro atoms. The molecule has 1 saturated heterocycles. The first-order chi connectivity index (χ1) is 14.7. The highest BCUT2D eigenvalue weighted by Gasteiger charge is 2.20. The Morgan fingerprint density at radius 3 is 2.53 bits per heavy atom. The number of hydrogen-bond donors (Lipinski definition) is 1. The zero-order valence-corrected chi connectivity index (χ0v) is 17.9. The number of hydrogen-bond acceptors (Lipinski definition) is 5. The van der Waals surface area contributed by atoms with E-state index in [0.717, 1.165) is 49.3 Å². The molecular weight excluding hydrogens is 374 g/mol. The third kappa shape index (κ3) is 4.30. The molecule has 0 saturated carbocycles. The van der Waals surface area contributed by atoms with Gasteiger partial charge in [-0.15, -0.1) is 0 Å². The van der Waals surface area contributed by atoms with E-state index in [-0.39, 0.29) is 0 Å². The molecule has 1 N–H and O–H groups in total. The monoisotopic (exact) mass is 403 g/mol. The Bertz CT molecular complexity index is 1010. The van der Waals surface area contributed by atoms with Crippen LogP contribution in [0.2, 0.25) is 0 Å². The molecular formula is C23H29N7. The largest absolute Gasteiger partial charge is 0.363 e. The number of aliphatic imine (C=N–C) groups is 1. The fraction of sp³-hybridized carbons (Fsp3) is 0.348. The molecule has 0 aliphatic carbocycles. The maximum Gasteiger partial charge on any atom is 0.194 e. The number of fused-ring (bicyclic) bond motifs is 1. The van der Waals surface area contributed by atoms with Crippen LogP contribution in [0.1, 0.15) is 5.56 Å². The van der Waals surface area contributed by atoms with Crippen molar-refractivity contribution in [1.29, 1.82) is 0 Å². The van der Waals surface area contributed by atoms with E-state index in [1.807, 2.05) is 50.4 Å². The SMILES string of the molecule is CN=C(NCc1cc(N(C)C)nc2ccccc12)N1CCN(c2ccccn2)CC1. The quantitative estimate of drug-likeness (QED) is 0.534. The van der Waals surface area contributed by atoms with Gasteiger partial charge in [-0.05, 0) is 29.8 Å². The predicted octanol–water partition coefficient (Wildman–Crippen LogP) is 2.59. The minimum Gasteiger partial charge on any atom is -0.363 e. The maximum atomic E-state index is 4.76. The van der Waals surface area contributed by atoms with Crippen LogP contribution in [0, 0.1) is 0 Å². The van der Waals surface area contributed by atoms with Gasteiger partial charge in [0, 0.05) is 65.4 Å². The summed E-state index contributed by atoms with van der Waals surface area (Å²) in [6.45, 7) is 4.39. The minimum absolute atomic E-state index is 0.705. The summed E-state index contributed by atoms with van der Waals surface area (Å²) < 4.78 is 0. The second kappa shape index (κ2) is 8.98. The van der Waals surface area contributed by atoms with Crippen molar-refractivity contribution in [3.05, 3.63) is 60.3 Å². The lowest BCUT2D eigenvalue weighted by Crippen LogP contribution is -2.52. The van der Waals surface area contributed by atoms with Crippen LogP contribution in [0.5, 0.6) is 0 Å². The van der Waals surface area contributed by atoms with Gasteiger partial charge in [0.05, 0.1) is 5.52 Å². The first-order valence-corrected chi connectivity index (χ1v) is 10.3. The van der Waals surface area contributed by atoms with Crippen LogP contribution in [-0.4, -0.2) is 68.1 Å². The Labute approximate surface area is 178 Å². The normalized spacial score (nSPS) is 14.8. The summed E-state index contributed by atoms with van der Waals surface area (Å²) in [4.78, 5) is 20.4. The summed E-state index contributed by atoms with van der Waals surface area (Å²) in [7, 11) is 5.89. The number of pyridine rings is 2. The van der Waals surface area contributed by atoms with Crippen LogP contribution >= 0.6 is 0 Å². The van der Waals surface area contributed by atoms with Gasteiger partial charge in [0.2, 0.25) is 0 Å². The predicted molar refractivity (Wildman–Crippen MR) is 124 cm³/mol. The van der Waals surface area contributed by atoms with Gasteiger partial charge < -0.3 is 20.0 Å². The molecule has 0 bridgehead atoms. The standard InChI is InChI=1S/C23H29N7/c1-24-23(30-14-12-29(13-15-30)21-10-6-7-11-25-21)26-17-18-16-22(28(2)3)27-20-9-5-4-8-19(18)20/h4-11,16H,12-15,17H2,1-3H3,(H,24,26). The van der Waals surface area contributed by atoms with Crippen LogP contribution in [0.25, 0.3) is 10.9 Å². The minimum atomic E-state index is 0.705. The fourth-order valence-corrected chi connectivity index (χ4v) is 3.80. The van der Waals surface area contributed by atoms with Crippen LogP contribution < -0.4 is 15.1 Å². The first-order valence-electron chi connectivity index (χ1n) is 10.3. The van der Waals surface area contributed by atoms with E-state index in [9.17, 15) is 0 Å². The second-order valence-electron chi connectivity index (χ2n) is 7.61. The molecule has 7 heteroatoms. The molecule has 30 heavy (non-hydrogen) atoms. The number of aromatic nitrogens is 2. The molecule has 0 unspecified atom stereocenters. The Balaban J connectivity index is 1.44. The van der Waals surface area contributed by atoms with E-state index in [4.69, 9.17) is 4.98 Å². The van der Waals surface area contributed by atoms with Crippen molar-refractivity contribution in [3.63, 3.8) is 0 Å². The number of nitrogens with one attached hydrogen (secondary N) is 1. The van der Waals surface area contributed by atoms with E-state index in [1.54, 1.807) is 0 Å². The van der Waals surface area contributed by atoms with Crippen molar-refractivity contribution in [2.75, 3.05) is 57.1 Å². The number of rotatable bonds is 4. The zero-order chi connectivity index (χ0) is 20.9. The average Bonchev–Trinajstić information content (AvgIpc) is 2.80. The Morgan fingerprint density at radius 1 is 1.07 bits per heavy atom. The zero-order valence-electron chi connectivity index (χ0n) is 17.9. The highest BCUT2D eigenvalue weighted by atomic mass is 15.4. The lowest BCUT2D eigenvalue weighted by molar-refractivity contribution is 0.371. The average molecular weight is 404 g/mol. The van der Waals surface area contributed by atoms with Gasteiger partial charge in [-0.2, -0.15) is 0 Å². The lowest BCUT2D eigenvalue weighted by Gasteiger charge is -2.37. The second-order valence-corrected chi connectivity index (χ2v) is 7.61. The third-order valence-corrected chi connectivity index (χ3v) is 5.45. The van der Waals surface area contributed by atoms with Crippen molar-refractivity contribution >= 4 is 28.5 Å². The molecule has 3 aromatic rings. The summed E-state index contributed by atoms with van der Waals surface area (Å²) in [5.41, 5.74) is 2.23. The Hall–Kier alpha value is -3.35. The number of benzene rings is 1. The molecule has 0 radical (unpaired) electrons. The third-order valence-electron chi connectivity index (χ3n) is 5.45. The van der Waals surface area contributed by atoms with Gasteiger partial charge in [-0.1, -0.05) is 24.3 Å². The van der Waals surface area contributed by atoms with Crippen LogP contribution in [0.3, 0.4) is 0 Å². The highest BCUT2D eigenvalue weighted by Crippen LogP contribution is 2.22. The van der Waals surface area contributed by atoms with E-state index >= 15 is 0 Å². The molecule has 7 nitrogen and oxygen atoms in total. The van der Waals surface area contributed by atoms with Crippen LogP contribution in [0.15, 0.2) is 59.7 Å². The molecule has 1 aromatic carbocycles.